The maximum absolute atomic E-state index is 12.9. The third kappa shape index (κ3) is 3.60. The van der Waals surface area contributed by atoms with Crippen LogP contribution < -0.4 is 14.2 Å². The fourth-order valence-electron chi connectivity index (χ4n) is 3.52. The SMILES string of the molecule is COc1cc2c(c(OC)c1OC)CCN(C(=O)c1ccc(C(=O)O)cc1)CC2. The monoisotopic (exact) mass is 385 g/mol. The number of methoxy groups -OCH3 is 3. The first-order valence-corrected chi connectivity index (χ1v) is 8.93. The molecule has 1 aliphatic heterocycles. The lowest BCUT2D eigenvalue weighted by atomic mass is 10.0. The first kappa shape index (κ1) is 19.5. The van der Waals surface area contributed by atoms with Crippen LogP contribution in [0.15, 0.2) is 30.3 Å². The summed E-state index contributed by atoms with van der Waals surface area (Å²) in [5.41, 5.74) is 2.70. The Morgan fingerprint density at radius 3 is 2.07 bits per heavy atom. The van der Waals surface area contributed by atoms with Gasteiger partial charge < -0.3 is 24.2 Å². The molecule has 3 rings (SSSR count). The van der Waals surface area contributed by atoms with E-state index in [0.717, 1.165) is 11.1 Å². The zero-order valence-electron chi connectivity index (χ0n) is 16.2. The number of amides is 1. The van der Waals surface area contributed by atoms with Gasteiger partial charge in [0.05, 0.1) is 26.9 Å². The molecular weight excluding hydrogens is 362 g/mol. The number of rotatable bonds is 5. The molecule has 0 fully saturated rings. The Balaban J connectivity index is 1.85. The van der Waals surface area contributed by atoms with E-state index in [2.05, 4.69) is 0 Å². The summed E-state index contributed by atoms with van der Waals surface area (Å²) < 4.78 is 16.5. The highest BCUT2D eigenvalue weighted by atomic mass is 16.5. The summed E-state index contributed by atoms with van der Waals surface area (Å²) in [5.74, 6) is 0.647. The van der Waals surface area contributed by atoms with Crippen molar-refractivity contribution in [1.29, 1.82) is 0 Å². The first-order chi connectivity index (χ1) is 13.5. The number of ether oxygens (including phenoxy) is 3. The number of benzene rings is 2. The molecule has 1 heterocycles. The van der Waals surface area contributed by atoms with E-state index in [1.165, 1.54) is 12.1 Å². The highest BCUT2D eigenvalue weighted by molar-refractivity contribution is 5.96. The molecule has 2 aromatic rings. The second-order valence-corrected chi connectivity index (χ2v) is 6.46. The van der Waals surface area contributed by atoms with E-state index in [9.17, 15) is 9.59 Å². The van der Waals surface area contributed by atoms with Crippen molar-refractivity contribution < 1.29 is 28.9 Å². The number of aromatic carboxylic acids is 1. The zero-order valence-corrected chi connectivity index (χ0v) is 16.2. The molecule has 0 saturated heterocycles. The third-order valence-electron chi connectivity index (χ3n) is 4.97. The maximum Gasteiger partial charge on any atom is 0.335 e. The fourth-order valence-corrected chi connectivity index (χ4v) is 3.52. The van der Waals surface area contributed by atoms with Gasteiger partial charge in [-0.2, -0.15) is 0 Å². The lowest BCUT2D eigenvalue weighted by Gasteiger charge is -2.20. The molecule has 148 valence electrons. The van der Waals surface area contributed by atoms with E-state index >= 15 is 0 Å². The Morgan fingerprint density at radius 2 is 1.50 bits per heavy atom. The summed E-state index contributed by atoms with van der Waals surface area (Å²) in [4.78, 5) is 25.6. The molecule has 2 aromatic carbocycles. The van der Waals surface area contributed by atoms with Crippen molar-refractivity contribution in [3.05, 3.63) is 52.6 Å². The Morgan fingerprint density at radius 1 is 0.893 bits per heavy atom. The first-order valence-electron chi connectivity index (χ1n) is 8.93. The van der Waals surface area contributed by atoms with Gasteiger partial charge in [0.25, 0.3) is 5.91 Å². The van der Waals surface area contributed by atoms with Gasteiger partial charge in [0.1, 0.15) is 0 Å². The van der Waals surface area contributed by atoms with E-state index < -0.39 is 5.97 Å². The maximum atomic E-state index is 12.9. The third-order valence-corrected chi connectivity index (χ3v) is 4.97. The minimum atomic E-state index is -1.01. The summed E-state index contributed by atoms with van der Waals surface area (Å²) >= 11 is 0. The van der Waals surface area contributed by atoms with Crippen LogP contribution in [-0.2, 0) is 12.8 Å². The second-order valence-electron chi connectivity index (χ2n) is 6.46. The summed E-state index contributed by atoms with van der Waals surface area (Å²) in [6, 6.07) is 7.93. The predicted octanol–water partition coefficient (Wildman–Crippen LogP) is 2.65. The van der Waals surface area contributed by atoms with Crippen LogP contribution in [0.3, 0.4) is 0 Å². The summed E-state index contributed by atoms with van der Waals surface area (Å²) in [6.45, 7) is 1.07. The van der Waals surface area contributed by atoms with E-state index in [-0.39, 0.29) is 11.5 Å². The molecule has 1 amide bonds. The Labute approximate surface area is 163 Å². The minimum Gasteiger partial charge on any atom is -0.493 e. The smallest absolute Gasteiger partial charge is 0.335 e. The van der Waals surface area contributed by atoms with Crippen molar-refractivity contribution in [3.63, 3.8) is 0 Å². The van der Waals surface area contributed by atoms with Crippen LogP contribution in [0.5, 0.6) is 17.2 Å². The summed E-state index contributed by atoms with van der Waals surface area (Å²) in [6.07, 6.45) is 1.28. The van der Waals surface area contributed by atoms with Gasteiger partial charge in [-0.25, -0.2) is 4.79 Å². The van der Waals surface area contributed by atoms with Gasteiger partial charge in [0.15, 0.2) is 11.5 Å². The van der Waals surface area contributed by atoms with Crippen LogP contribution >= 0.6 is 0 Å². The largest absolute Gasteiger partial charge is 0.493 e. The molecule has 0 bridgehead atoms. The van der Waals surface area contributed by atoms with Gasteiger partial charge in [0.2, 0.25) is 5.75 Å². The lowest BCUT2D eigenvalue weighted by Crippen LogP contribution is -2.33. The number of hydrogen-bond acceptors (Lipinski definition) is 5. The number of carbonyl (C=O) groups excluding carboxylic acids is 1. The van der Waals surface area contributed by atoms with Crippen LogP contribution in [0.25, 0.3) is 0 Å². The molecule has 0 radical (unpaired) electrons. The van der Waals surface area contributed by atoms with Crippen LogP contribution in [0.1, 0.15) is 31.8 Å². The van der Waals surface area contributed by atoms with Gasteiger partial charge in [-0.1, -0.05) is 0 Å². The van der Waals surface area contributed by atoms with E-state index in [1.807, 2.05) is 6.07 Å². The molecule has 0 aliphatic carbocycles. The number of carboxylic acids is 1. The van der Waals surface area contributed by atoms with Crippen molar-refractivity contribution >= 4 is 11.9 Å². The van der Waals surface area contributed by atoms with Crippen molar-refractivity contribution in [1.82, 2.24) is 4.90 Å². The average molecular weight is 385 g/mol. The topological polar surface area (TPSA) is 85.3 Å². The molecule has 0 aromatic heterocycles. The van der Waals surface area contributed by atoms with Gasteiger partial charge in [-0.05, 0) is 48.7 Å². The highest BCUT2D eigenvalue weighted by Crippen LogP contribution is 2.43. The number of carbonyl (C=O) groups is 2. The molecule has 0 atom stereocenters. The average Bonchev–Trinajstić information content (AvgIpc) is 2.94. The van der Waals surface area contributed by atoms with Crippen molar-refractivity contribution in [2.75, 3.05) is 34.4 Å². The molecule has 1 aliphatic rings. The fraction of sp³-hybridized carbons (Fsp3) is 0.333. The van der Waals surface area contributed by atoms with E-state index in [4.69, 9.17) is 19.3 Å². The van der Waals surface area contributed by atoms with Crippen LogP contribution in [-0.4, -0.2) is 56.3 Å². The van der Waals surface area contributed by atoms with Gasteiger partial charge in [-0.3, -0.25) is 4.79 Å². The zero-order chi connectivity index (χ0) is 20.3. The van der Waals surface area contributed by atoms with Gasteiger partial charge in [-0.15, -0.1) is 0 Å². The highest BCUT2D eigenvalue weighted by Gasteiger charge is 2.26. The lowest BCUT2D eigenvalue weighted by molar-refractivity contribution is 0.0694. The molecule has 0 unspecified atom stereocenters. The van der Waals surface area contributed by atoms with Crippen molar-refractivity contribution in [3.8, 4) is 17.2 Å². The minimum absolute atomic E-state index is 0.123. The molecular formula is C21H23NO6. The second kappa shape index (κ2) is 8.21. The number of carboxylic acid groups (broad SMARTS) is 1. The van der Waals surface area contributed by atoms with E-state index in [1.54, 1.807) is 38.4 Å². The van der Waals surface area contributed by atoms with Crippen LogP contribution in [0, 0.1) is 0 Å². The molecule has 1 N–H and O–H groups in total. The normalized spacial score (nSPS) is 13.3. The number of fused-ring (bicyclic) bond motifs is 1. The number of nitrogens with zero attached hydrogens (tertiary/aromatic N) is 1. The molecule has 7 heteroatoms. The van der Waals surface area contributed by atoms with Gasteiger partial charge >= 0.3 is 5.97 Å². The number of hydrogen-bond donors (Lipinski definition) is 1. The Hall–Kier alpha value is -3.22. The molecule has 28 heavy (non-hydrogen) atoms. The van der Waals surface area contributed by atoms with Crippen molar-refractivity contribution in [2.24, 2.45) is 0 Å². The van der Waals surface area contributed by atoms with Crippen LogP contribution in [0.4, 0.5) is 0 Å². The summed E-state index contributed by atoms with van der Waals surface area (Å²) in [7, 11) is 4.74. The Kier molecular flexibility index (Phi) is 5.73. The van der Waals surface area contributed by atoms with Crippen LogP contribution in [0.2, 0.25) is 0 Å². The quantitative estimate of drug-likeness (QED) is 0.852. The Bertz CT molecular complexity index is 891. The van der Waals surface area contributed by atoms with Gasteiger partial charge in [0, 0.05) is 24.2 Å². The van der Waals surface area contributed by atoms with Crippen molar-refractivity contribution in [2.45, 2.75) is 12.8 Å². The standard InChI is InChI=1S/C21H23NO6/c1-26-17-12-15-8-10-22(11-9-16(15)18(27-2)19(17)28-3)20(23)13-4-6-14(7-5-13)21(24)25/h4-7,12H,8-11H2,1-3H3,(H,24,25). The molecule has 0 spiro atoms. The summed E-state index contributed by atoms with van der Waals surface area (Å²) in [5, 5.41) is 9.01. The molecule has 0 saturated carbocycles. The molecule has 7 nitrogen and oxygen atoms in total. The predicted molar refractivity (Wildman–Crippen MR) is 103 cm³/mol. The van der Waals surface area contributed by atoms with E-state index in [0.29, 0.717) is 48.7 Å².